The van der Waals surface area contributed by atoms with Crippen LogP contribution in [0.3, 0.4) is 0 Å². The summed E-state index contributed by atoms with van der Waals surface area (Å²) in [7, 11) is -1.32. The predicted molar refractivity (Wildman–Crippen MR) is 95.3 cm³/mol. The van der Waals surface area contributed by atoms with Crippen LogP contribution in [0.4, 0.5) is 9.18 Å². The second kappa shape index (κ2) is 7.98. The van der Waals surface area contributed by atoms with Gasteiger partial charge in [-0.05, 0) is 23.7 Å². The number of alkyl halides is 1. The summed E-state index contributed by atoms with van der Waals surface area (Å²) < 4.78 is 17.3. The molecule has 7 heteroatoms. The number of carboxylic acid groups (broad SMARTS) is 1. The molecule has 1 heterocycles. The lowest BCUT2D eigenvalue weighted by Crippen LogP contribution is -2.45. The summed E-state index contributed by atoms with van der Waals surface area (Å²) in [5.74, 6) is 0.524. The summed E-state index contributed by atoms with van der Waals surface area (Å²) in [5.41, 5.74) is 0.982. The smallest absolute Gasteiger partial charge is 0.407 e. The number of nitrogens with zero attached hydrogens (tertiary/aromatic N) is 1. The molecule has 1 aliphatic rings. The highest BCUT2D eigenvalue weighted by atomic mass is 28.3. The number of rotatable bonds is 7. The fourth-order valence-electron chi connectivity index (χ4n) is 3.09. The molecule has 1 fully saturated rings. The Bertz CT molecular complexity index is 565. The number of hydrogen-bond donors (Lipinski definition) is 2. The van der Waals surface area contributed by atoms with Crippen molar-refractivity contribution in [1.82, 2.24) is 10.2 Å². The Morgan fingerprint density at radius 2 is 2.17 bits per heavy atom. The molecule has 0 unspecified atom stereocenters. The number of nitrogens with one attached hydrogen (secondary N) is 1. The maximum Gasteiger partial charge on any atom is 0.407 e. The molecule has 1 saturated heterocycles. The van der Waals surface area contributed by atoms with Crippen molar-refractivity contribution in [2.24, 2.45) is 0 Å². The van der Waals surface area contributed by atoms with E-state index in [1.54, 1.807) is 11.0 Å². The molecule has 0 spiro atoms. The van der Waals surface area contributed by atoms with Crippen LogP contribution in [0.2, 0.25) is 25.7 Å². The van der Waals surface area contributed by atoms with Gasteiger partial charge in [0.15, 0.2) is 0 Å². The molecule has 2 atom stereocenters. The van der Waals surface area contributed by atoms with E-state index in [-0.39, 0.29) is 12.0 Å². The molecular formula is C17H27FN2O3Si. The van der Waals surface area contributed by atoms with E-state index in [2.05, 4.69) is 25.0 Å². The third kappa shape index (κ3) is 4.94. The van der Waals surface area contributed by atoms with Crippen LogP contribution in [0.15, 0.2) is 24.3 Å². The van der Waals surface area contributed by atoms with Gasteiger partial charge in [-0.3, -0.25) is 0 Å². The van der Waals surface area contributed by atoms with Gasteiger partial charge in [0.2, 0.25) is 6.86 Å². The molecule has 2 N–H and O–H groups in total. The van der Waals surface area contributed by atoms with Crippen LogP contribution >= 0.6 is 0 Å². The zero-order valence-corrected chi connectivity index (χ0v) is 15.6. The molecule has 1 aromatic carbocycles. The van der Waals surface area contributed by atoms with Crippen molar-refractivity contribution < 1.29 is 19.0 Å². The predicted octanol–water partition coefficient (Wildman–Crippen LogP) is 3.37. The lowest BCUT2D eigenvalue weighted by Gasteiger charge is -2.32. The molecule has 0 radical (unpaired) electrons. The van der Waals surface area contributed by atoms with Gasteiger partial charge in [0.1, 0.15) is 5.75 Å². The largest absolute Gasteiger partial charge is 0.465 e. The first kappa shape index (κ1) is 18.7. The highest BCUT2D eigenvalue weighted by molar-refractivity contribution is 6.76. The first-order chi connectivity index (χ1) is 11.3. The molecule has 1 aromatic rings. The second-order valence-electron chi connectivity index (χ2n) is 7.44. The molecule has 5 nitrogen and oxygen atoms in total. The minimum atomic E-state index is -1.32. The quantitative estimate of drug-likeness (QED) is 0.737. The molecule has 134 valence electrons. The summed E-state index contributed by atoms with van der Waals surface area (Å²) in [4.78, 5) is 13.4. The van der Waals surface area contributed by atoms with Crippen molar-refractivity contribution in [3.05, 3.63) is 29.8 Å². The van der Waals surface area contributed by atoms with Crippen molar-refractivity contribution >= 4 is 14.2 Å². The number of amides is 1. The normalized spacial score (nSPS) is 20.8. The number of hydrogen-bond acceptors (Lipinski definition) is 3. The van der Waals surface area contributed by atoms with Crippen LogP contribution < -0.4 is 10.1 Å². The van der Waals surface area contributed by atoms with Gasteiger partial charge < -0.3 is 20.1 Å². The van der Waals surface area contributed by atoms with E-state index in [1.165, 1.54) is 0 Å². The molecule has 24 heavy (non-hydrogen) atoms. The lowest BCUT2D eigenvalue weighted by molar-refractivity contribution is 0.127. The highest BCUT2D eigenvalue weighted by Crippen LogP contribution is 2.30. The molecule has 0 saturated carbocycles. The SMILES string of the molecule is C[Si](C)(C)CCN(C(=O)O)[C@@H]1CNC[C@H]1c1cccc(OCF)c1. The summed E-state index contributed by atoms with van der Waals surface area (Å²) in [6.45, 7) is 7.78. The molecule has 0 bridgehead atoms. The molecule has 1 amide bonds. The van der Waals surface area contributed by atoms with E-state index in [4.69, 9.17) is 4.74 Å². The topological polar surface area (TPSA) is 61.8 Å². The Balaban J connectivity index is 2.17. The number of ether oxygens (including phenoxy) is 1. The van der Waals surface area contributed by atoms with Crippen molar-refractivity contribution in [2.45, 2.75) is 37.6 Å². The van der Waals surface area contributed by atoms with Crippen molar-refractivity contribution in [3.63, 3.8) is 0 Å². The van der Waals surface area contributed by atoms with Gasteiger partial charge in [-0.1, -0.05) is 31.8 Å². The number of carbonyl (C=O) groups is 1. The number of halogens is 1. The van der Waals surface area contributed by atoms with Crippen LogP contribution in [0.5, 0.6) is 5.75 Å². The minimum absolute atomic E-state index is 0.0471. The molecule has 1 aliphatic heterocycles. The zero-order chi connectivity index (χ0) is 17.7. The fraction of sp³-hybridized carbons (Fsp3) is 0.588. The van der Waals surface area contributed by atoms with Crippen LogP contribution in [0.1, 0.15) is 11.5 Å². The highest BCUT2D eigenvalue weighted by Gasteiger charge is 2.36. The van der Waals surface area contributed by atoms with Crippen LogP contribution in [-0.2, 0) is 0 Å². The van der Waals surface area contributed by atoms with Crippen LogP contribution in [0, 0.1) is 0 Å². The van der Waals surface area contributed by atoms with Gasteiger partial charge in [-0.25, -0.2) is 9.18 Å². The average Bonchev–Trinajstić information content (AvgIpc) is 2.96. The third-order valence-electron chi connectivity index (χ3n) is 4.44. The van der Waals surface area contributed by atoms with Gasteiger partial charge in [0.05, 0.1) is 6.04 Å². The average molecular weight is 354 g/mol. The summed E-state index contributed by atoms with van der Waals surface area (Å²) >= 11 is 0. The van der Waals surface area contributed by atoms with Crippen LogP contribution in [0.25, 0.3) is 0 Å². The van der Waals surface area contributed by atoms with Crippen molar-refractivity contribution in [1.29, 1.82) is 0 Å². The van der Waals surface area contributed by atoms with Gasteiger partial charge >= 0.3 is 6.09 Å². The Hall–Kier alpha value is -1.60. The number of benzene rings is 1. The standard InChI is InChI=1S/C17H27FN2O3Si/c1-24(2,3)8-7-20(17(21)22)16-11-19-10-15(16)13-5-4-6-14(9-13)23-12-18/h4-6,9,15-16,19H,7-8,10-12H2,1-3H3,(H,21,22)/t15-,16+/m0/s1. The van der Waals surface area contributed by atoms with Crippen molar-refractivity contribution in [2.75, 3.05) is 26.5 Å². The Morgan fingerprint density at radius 3 is 2.79 bits per heavy atom. The van der Waals surface area contributed by atoms with Crippen molar-refractivity contribution in [3.8, 4) is 5.75 Å². The Labute approximate surface area is 143 Å². The first-order valence-electron chi connectivity index (χ1n) is 8.31. The molecular weight excluding hydrogens is 327 g/mol. The molecule has 0 aromatic heterocycles. The van der Waals surface area contributed by atoms with E-state index in [1.807, 2.05) is 18.2 Å². The summed E-state index contributed by atoms with van der Waals surface area (Å²) in [6.07, 6.45) is -0.872. The second-order valence-corrected chi connectivity index (χ2v) is 13.1. The molecule has 2 rings (SSSR count). The Morgan fingerprint density at radius 1 is 1.42 bits per heavy atom. The van der Waals surface area contributed by atoms with Gasteiger partial charge in [-0.15, -0.1) is 0 Å². The van der Waals surface area contributed by atoms with E-state index in [0.29, 0.717) is 25.4 Å². The van der Waals surface area contributed by atoms with E-state index in [0.717, 1.165) is 11.6 Å². The molecule has 0 aliphatic carbocycles. The van der Waals surface area contributed by atoms with E-state index >= 15 is 0 Å². The minimum Gasteiger partial charge on any atom is -0.465 e. The Kier molecular flexibility index (Phi) is 6.23. The third-order valence-corrected chi connectivity index (χ3v) is 6.16. The maximum absolute atomic E-state index is 12.4. The van der Waals surface area contributed by atoms with E-state index < -0.39 is 21.0 Å². The lowest BCUT2D eigenvalue weighted by atomic mass is 9.93. The summed E-state index contributed by atoms with van der Waals surface area (Å²) in [5, 5.41) is 13.0. The zero-order valence-electron chi connectivity index (χ0n) is 14.6. The monoisotopic (exact) mass is 354 g/mol. The fourth-order valence-corrected chi connectivity index (χ4v) is 4.00. The van der Waals surface area contributed by atoms with E-state index in [9.17, 15) is 14.3 Å². The van der Waals surface area contributed by atoms with Crippen LogP contribution in [-0.4, -0.2) is 56.7 Å². The van der Waals surface area contributed by atoms with Gasteiger partial charge in [0.25, 0.3) is 0 Å². The maximum atomic E-state index is 12.4. The first-order valence-corrected chi connectivity index (χ1v) is 12.0. The summed E-state index contributed by atoms with van der Waals surface area (Å²) in [6, 6.07) is 8.12. The van der Waals surface area contributed by atoms with Gasteiger partial charge in [-0.2, -0.15) is 0 Å². The van der Waals surface area contributed by atoms with Gasteiger partial charge in [0, 0.05) is 33.6 Å².